The van der Waals surface area contributed by atoms with E-state index in [0.717, 1.165) is 14.8 Å². The Hall–Kier alpha value is -3.28. The fourth-order valence-electron chi connectivity index (χ4n) is 3.09. The van der Waals surface area contributed by atoms with Crippen molar-refractivity contribution in [1.29, 1.82) is 0 Å². The first-order valence-electron chi connectivity index (χ1n) is 9.59. The maximum Gasteiger partial charge on any atom is 0.389 e. The number of fused-ring (bicyclic) bond motifs is 1. The molecule has 0 unspecified atom stereocenters. The van der Waals surface area contributed by atoms with E-state index in [-0.39, 0.29) is 24.7 Å². The van der Waals surface area contributed by atoms with E-state index in [0.29, 0.717) is 22.3 Å². The molecular weight excluding hydrogens is 491 g/mol. The lowest BCUT2D eigenvalue weighted by molar-refractivity contribution is -0.136. The second-order valence-electron chi connectivity index (χ2n) is 7.14. The first-order chi connectivity index (χ1) is 15.2. The largest absolute Gasteiger partial charge is 0.389 e. The van der Waals surface area contributed by atoms with Crippen molar-refractivity contribution in [3.8, 4) is 11.4 Å². The summed E-state index contributed by atoms with van der Waals surface area (Å²) in [5, 5.41) is 18.9. The van der Waals surface area contributed by atoms with Crippen molar-refractivity contribution in [1.82, 2.24) is 29.8 Å². The van der Waals surface area contributed by atoms with Crippen LogP contribution < -0.4 is 5.32 Å². The molecule has 3 heterocycles. The summed E-state index contributed by atoms with van der Waals surface area (Å²) in [6, 6.07) is 8.87. The van der Waals surface area contributed by atoms with Gasteiger partial charge in [0.25, 0.3) is 5.91 Å². The summed E-state index contributed by atoms with van der Waals surface area (Å²) >= 11 is 3.39. The lowest BCUT2D eigenvalue weighted by atomic mass is 10.1. The highest BCUT2D eigenvalue weighted by molar-refractivity contribution is 9.10. The molecule has 1 amide bonds. The molecule has 0 atom stereocenters. The van der Waals surface area contributed by atoms with Crippen LogP contribution >= 0.6 is 15.9 Å². The number of carbonyl (C=O) groups is 1. The third-order valence-corrected chi connectivity index (χ3v) is 5.24. The smallest absolute Gasteiger partial charge is 0.322 e. The Balaban J connectivity index is 1.52. The molecule has 0 spiro atoms. The molecule has 0 saturated heterocycles. The number of rotatable bonds is 6. The number of aromatic nitrogens is 6. The van der Waals surface area contributed by atoms with E-state index in [4.69, 9.17) is 0 Å². The van der Waals surface area contributed by atoms with Crippen LogP contribution in [-0.4, -0.2) is 41.9 Å². The van der Waals surface area contributed by atoms with E-state index in [9.17, 15) is 18.0 Å². The molecule has 0 fully saturated rings. The highest BCUT2D eigenvalue weighted by Crippen LogP contribution is 2.25. The van der Waals surface area contributed by atoms with Crippen molar-refractivity contribution in [3.63, 3.8) is 0 Å². The number of amides is 1. The molecule has 32 heavy (non-hydrogen) atoms. The maximum atomic E-state index is 12.9. The van der Waals surface area contributed by atoms with Gasteiger partial charge in [-0.1, -0.05) is 28.1 Å². The monoisotopic (exact) mass is 507 g/mol. The SMILES string of the molecule is Cc1ccc(-c2nnn(CCCC(F)(F)F)n2)cc1NC(=O)c1cnn2ccc(Br)cc12. The summed E-state index contributed by atoms with van der Waals surface area (Å²) in [6.07, 6.45) is -2.03. The van der Waals surface area contributed by atoms with Gasteiger partial charge in [0.05, 0.1) is 23.8 Å². The first-order valence-corrected chi connectivity index (χ1v) is 10.4. The van der Waals surface area contributed by atoms with Crippen LogP contribution in [0.4, 0.5) is 18.9 Å². The van der Waals surface area contributed by atoms with E-state index in [1.807, 2.05) is 13.0 Å². The highest BCUT2D eigenvalue weighted by Gasteiger charge is 2.26. The van der Waals surface area contributed by atoms with Crippen molar-refractivity contribution in [2.45, 2.75) is 32.5 Å². The van der Waals surface area contributed by atoms with Gasteiger partial charge in [0.2, 0.25) is 5.82 Å². The number of alkyl halides is 3. The van der Waals surface area contributed by atoms with Gasteiger partial charge in [0, 0.05) is 28.3 Å². The minimum atomic E-state index is -4.22. The zero-order chi connectivity index (χ0) is 22.9. The predicted octanol–water partition coefficient (Wildman–Crippen LogP) is 4.65. The van der Waals surface area contributed by atoms with Gasteiger partial charge in [0.1, 0.15) is 0 Å². The molecule has 3 aromatic heterocycles. The minimum absolute atomic E-state index is 0.00620. The molecule has 0 radical (unpaired) electrons. The van der Waals surface area contributed by atoms with Crippen LogP contribution in [-0.2, 0) is 6.54 Å². The third-order valence-electron chi connectivity index (χ3n) is 4.74. The number of nitrogens with zero attached hydrogens (tertiary/aromatic N) is 6. The second-order valence-corrected chi connectivity index (χ2v) is 8.06. The average Bonchev–Trinajstić information content (AvgIpc) is 3.35. The van der Waals surface area contributed by atoms with Crippen LogP contribution in [0.3, 0.4) is 0 Å². The summed E-state index contributed by atoms with van der Waals surface area (Å²) in [6.45, 7) is 1.85. The summed E-state index contributed by atoms with van der Waals surface area (Å²) in [5.74, 6) is -0.0745. The number of benzene rings is 1. The molecular formula is C20H17BrF3N7O. The van der Waals surface area contributed by atoms with Crippen LogP contribution in [0.5, 0.6) is 0 Å². The predicted molar refractivity (Wildman–Crippen MR) is 114 cm³/mol. The Morgan fingerprint density at radius 3 is 2.81 bits per heavy atom. The first kappa shape index (κ1) is 21.9. The maximum absolute atomic E-state index is 12.9. The van der Waals surface area contributed by atoms with Gasteiger partial charge >= 0.3 is 6.18 Å². The topological polar surface area (TPSA) is 90.0 Å². The quantitative estimate of drug-likeness (QED) is 0.410. The Kier molecular flexibility index (Phi) is 5.96. The normalized spacial score (nSPS) is 11.8. The van der Waals surface area contributed by atoms with Crippen LogP contribution in [0.1, 0.15) is 28.8 Å². The molecule has 0 bridgehead atoms. The molecule has 0 aliphatic rings. The Bertz CT molecular complexity index is 1280. The van der Waals surface area contributed by atoms with Crippen LogP contribution in [0.15, 0.2) is 47.2 Å². The Labute approximate surface area is 188 Å². The van der Waals surface area contributed by atoms with Crippen molar-refractivity contribution in [2.75, 3.05) is 5.32 Å². The molecule has 0 aliphatic heterocycles. The Morgan fingerprint density at radius 1 is 1.22 bits per heavy atom. The van der Waals surface area contributed by atoms with Crippen molar-refractivity contribution in [2.24, 2.45) is 0 Å². The van der Waals surface area contributed by atoms with Gasteiger partial charge in [-0.05, 0) is 42.3 Å². The number of tetrazole rings is 1. The second kappa shape index (κ2) is 8.69. The van der Waals surface area contributed by atoms with E-state index >= 15 is 0 Å². The summed E-state index contributed by atoms with van der Waals surface area (Å²) < 4.78 is 39.4. The van der Waals surface area contributed by atoms with Gasteiger partial charge < -0.3 is 5.32 Å². The summed E-state index contributed by atoms with van der Waals surface area (Å²) in [5.41, 5.74) is 3.00. The van der Waals surface area contributed by atoms with Gasteiger partial charge in [-0.2, -0.15) is 23.1 Å². The molecule has 4 rings (SSSR count). The zero-order valence-corrected chi connectivity index (χ0v) is 18.4. The molecule has 4 aromatic rings. The number of pyridine rings is 1. The molecule has 8 nitrogen and oxygen atoms in total. The number of hydrogen-bond donors (Lipinski definition) is 1. The number of anilines is 1. The number of aryl methyl sites for hydroxylation is 2. The van der Waals surface area contributed by atoms with Crippen LogP contribution in [0.25, 0.3) is 16.9 Å². The fourth-order valence-corrected chi connectivity index (χ4v) is 3.42. The number of carbonyl (C=O) groups excluding carboxylic acids is 1. The number of halogens is 4. The van der Waals surface area contributed by atoms with E-state index < -0.39 is 12.6 Å². The highest BCUT2D eigenvalue weighted by atomic mass is 79.9. The van der Waals surface area contributed by atoms with Crippen molar-refractivity contribution >= 4 is 33.0 Å². The fraction of sp³-hybridized carbons (Fsp3) is 0.250. The minimum Gasteiger partial charge on any atom is -0.322 e. The molecule has 12 heteroatoms. The lowest BCUT2D eigenvalue weighted by Crippen LogP contribution is -2.12. The van der Waals surface area contributed by atoms with Crippen LogP contribution in [0, 0.1) is 6.92 Å². The third kappa shape index (κ3) is 4.96. The van der Waals surface area contributed by atoms with Crippen molar-refractivity contribution < 1.29 is 18.0 Å². The zero-order valence-electron chi connectivity index (χ0n) is 16.8. The van der Waals surface area contributed by atoms with Gasteiger partial charge in [0.15, 0.2) is 0 Å². The standard InChI is InChI=1S/C20H17BrF3N7O/c1-12-3-4-13(18-27-29-31(28-18)7-2-6-20(22,23)24)9-16(12)26-19(32)15-11-25-30-8-5-14(21)10-17(15)30/h3-5,8-11H,2,6-7H2,1H3,(H,26,32). The molecule has 1 aromatic carbocycles. The van der Waals surface area contributed by atoms with Crippen LogP contribution in [0.2, 0.25) is 0 Å². The molecule has 0 saturated carbocycles. The van der Waals surface area contributed by atoms with Crippen molar-refractivity contribution in [3.05, 3.63) is 58.3 Å². The van der Waals surface area contributed by atoms with E-state index in [2.05, 4.69) is 41.8 Å². The van der Waals surface area contributed by atoms with E-state index in [1.54, 1.807) is 35.0 Å². The number of hydrogen-bond acceptors (Lipinski definition) is 5. The summed E-state index contributed by atoms with van der Waals surface area (Å²) in [4.78, 5) is 14.0. The van der Waals surface area contributed by atoms with Gasteiger partial charge in [-0.25, -0.2) is 4.52 Å². The average molecular weight is 508 g/mol. The Morgan fingerprint density at radius 2 is 2.03 bits per heavy atom. The molecule has 1 N–H and O–H groups in total. The van der Waals surface area contributed by atoms with Gasteiger partial charge in [-0.15, -0.1) is 10.2 Å². The number of nitrogens with one attached hydrogen (secondary N) is 1. The lowest BCUT2D eigenvalue weighted by Gasteiger charge is -2.09. The molecule has 0 aliphatic carbocycles. The summed E-state index contributed by atoms with van der Waals surface area (Å²) in [7, 11) is 0. The molecule has 166 valence electrons. The van der Waals surface area contributed by atoms with E-state index in [1.165, 1.54) is 6.20 Å². The van der Waals surface area contributed by atoms with Gasteiger partial charge in [-0.3, -0.25) is 4.79 Å².